The second-order valence-corrected chi connectivity index (χ2v) is 6.53. The monoisotopic (exact) mass is 320 g/mol. The van der Waals surface area contributed by atoms with Gasteiger partial charge in [0.05, 0.1) is 6.10 Å². The molecule has 0 saturated carbocycles. The van der Waals surface area contributed by atoms with Crippen LogP contribution in [0.1, 0.15) is 38.7 Å². The van der Waals surface area contributed by atoms with Crippen molar-refractivity contribution in [3.63, 3.8) is 0 Å². The summed E-state index contributed by atoms with van der Waals surface area (Å²) < 4.78 is 8.05. The maximum Gasteiger partial charge on any atom is 0.332 e. The molecule has 126 valence electrons. The van der Waals surface area contributed by atoms with Crippen molar-refractivity contribution < 1.29 is 4.74 Å². The van der Waals surface area contributed by atoms with Gasteiger partial charge in [0, 0.05) is 26.7 Å². The fraction of sp³-hybridized carbons (Fsp3) is 0.688. The van der Waals surface area contributed by atoms with Gasteiger partial charge >= 0.3 is 5.69 Å². The summed E-state index contributed by atoms with van der Waals surface area (Å²) in [5, 5.41) is 12.5. The number of nitriles is 1. The first-order valence-corrected chi connectivity index (χ1v) is 7.93. The van der Waals surface area contributed by atoms with Crippen molar-refractivity contribution in [2.75, 3.05) is 11.9 Å². The lowest BCUT2D eigenvalue weighted by Crippen LogP contribution is -2.42. The van der Waals surface area contributed by atoms with Crippen LogP contribution in [0.25, 0.3) is 0 Å². The van der Waals surface area contributed by atoms with Gasteiger partial charge in [-0.1, -0.05) is 13.8 Å². The Bertz CT molecular complexity index is 727. The van der Waals surface area contributed by atoms with Crippen molar-refractivity contribution >= 4 is 5.82 Å². The highest BCUT2D eigenvalue weighted by atomic mass is 16.5. The molecule has 1 saturated heterocycles. The average Bonchev–Trinajstić information content (AvgIpc) is 2.50. The molecular formula is C16H24N4O3. The Morgan fingerprint density at radius 2 is 2.04 bits per heavy atom. The van der Waals surface area contributed by atoms with Gasteiger partial charge in [-0.15, -0.1) is 0 Å². The summed E-state index contributed by atoms with van der Waals surface area (Å²) in [5.74, 6) is 0.845. The molecule has 23 heavy (non-hydrogen) atoms. The van der Waals surface area contributed by atoms with Crippen LogP contribution in [0.3, 0.4) is 0 Å². The maximum atomic E-state index is 12.1. The number of rotatable bonds is 4. The SMILES string of the molecule is CC(C)CC1CC(Nc2c(C#N)c(=O)n(C)c(=O)n2C)CCO1. The van der Waals surface area contributed by atoms with Crippen LogP contribution in [0.15, 0.2) is 9.59 Å². The predicted octanol–water partition coefficient (Wildman–Crippen LogP) is 0.961. The Morgan fingerprint density at radius 1 is 1.35 bits per heavy atom. The molecule has 7 heteroatoms. The fourth-order valence-corrected chi connectivity index (χ4v) is 3.01. The van der Waals surface area contributed by atoms with Gasteiger partial charge in [-0.3, -0.25) is 13.9 Å². The van der Waals surface area contributed by atoms with Crippen molar-refractivity contribution in [1.82, 2.24) is 9.13 Å². The van der Waals surface area contributed by atoms with Crippen LogP contribution < -0.4 is 16.6 Å². The zero-order valence-corrected chi connectivity index (χ0v) is 14.1. The molecule has 0 aliphatic carbocycles. The van der Waals surface area contributed by atoms with Crippen molar-refractivity contribution in [2.24, 2.45) is 20.0 Å². The van der Waals surface area contributed by atoms with Crippen LogP contribution in [0.4, 0.5) is 5.82 Å². The normalized spacial score (nSPS) is 21.2. The van der Waals surface area contributed by atoms with Gasteiger partial charge in [0.2, 0.25) is 0 Å². The minimum absolute atomic E-state index is 0.0264. The molecule has 2 atom stereocenters. The van der Waals surface area contributed by atoms with Crippen molar-refractivity contribution in [3.05, 3.63) is 26.4 Å². The zero-order valence-electron chi connectivity index (χ0n) is 14.1. The molecule has 1 aliphatic heterocycles. The van der Waals surface area contributed by atoms with E-state index in [1.165, 1.54) is 11.6 Å². The Morgan fingerprint density at radius 3 is 2.65 bits per heavy atom. The van der Waals surface area contributed by atoms with E-state index in [0.29, 0.717) is 18.3 Å². The Labute approximate surface area is 135 Å². The molecule has 0 amide bonds. The summed E-state index contributed by atoms with van der Waals surface area (Å²) in [4.78, 5) is 24.2. The third-order valence-corrected chi connectivity index (χ3v) is 4.22. The van der Waals surface area contributed by atoms with Crippen LogP contribution in [-0.2, 0) is 18.8 Å². The summed E-state index contributed by atoms with van der Waals surface area (Å²) in [5.41, 5.74) is -1.03. The van der Waals surface area contributed by atoms with Gasteiger partial charge in [-0.05, 0) is 25.2 Å². The topological polar surface area (TPSA) is 89.0 Å². The van der Waals surface area contributed by atoms with Crippen LogP contribution in [0, 0.1) is 17.2 Å². The third kappa shape index (κ3) is 3.64. The van der Waals surface area contributed by atoms with E-state index in [-0.39, 0.29) is 17.7 Å². The fourth-order valence-electron chi connectivity index (χ4n) is 3.01. The molecule has 1 fully saturated rings. The van der Waals surface area contributed by atoms with Gasteiger partial charge in [-0.2, -0.15) is 5.26 Å². The summed E-state index contributed by atoms with van der Waals surface area (Å²) in [6.07, 6.45) is 2.71. The summed E-state index contributed by atoms with van der Waals surface area (Å²) >= 11 is 0. The molecule has 1 aliphatic rings. The number of aromatic nitrogens is 2. The van der Waals surface area contributed by atoms with E-state index in [0.717, 1.165) is 23.8 Å². The predicted molar refractivity (Wildman–Crippen MR) is 87.5 cm³/mol. The van der Waals surface area contributed by atoms with E-state index in [9.17, 15) is 14.9 Å². The van der Waals surface area contributed by atoms with E-state index in [2.05, 4.69) is 19.2 Å². The number of hydrogen-bond donors (Lipinski definition) is 1. The zero-order chi connectivity index (χ0) is 17.1. The lowest BCUT2D eigenvalue weighted by Gasteiger charge is -2.32. The number of anilines is 1. The second-order valence-electron chi connectivity index (χ2n) is 6.53. The first-order chi connectivity index (χ1) is 10.8. The summed E-state index contributed by atoms with van der Waals surface area (Å²) in [6, 6.07) is 2.00. The number of nitrogens with one attached hydrogen (secondary N) is 1. The lowest BCUT2D eigenvalue weighted by molar-refractivity contribution is -0.000632. The molecule has 0 radical (unpaired) electrons. The minimum atomic E-state index is -0.566. The van der Waals surface area contributed by atoms with Crippen LogP contribution in [-0.4, -0.2) is 27.9 Å². The van der Waals surface area contributed by atoms with Crippen molar-refractivity contribution in [3.8, 4) is 6.07 Å². The van der Waals surface area contributed by atoms with Crippen molar-refractivity contribution in [2.45, 2.75) is 45.3 Å². The van der Waals surface area contributed by atoms with Crippen LogP contribution in [0.2, 0.25) is 0 Å². The third-order valence-electron chi connectivity index (χ3n) is 4.22. The van der Waals surface area contributed by atoms with Crippen molar-refractivity contribution in [1.29, 1.82) is 5.26 Å². The average molecular weight is 320 g/mol. The molecule has 7 nitrogen and oxygen atoms in total. The van der Waals surface area contributed by atoms with Gasteiger partial charge < -0.3 is 10.1 Å². The Balaban J connectivity index is 2.28. The van der Waals surface area contributed by atoms with E-state index < -0.39 is 11.2 Å². The smallest absolute Gasteiger partial charge is 0.332 e. The molecule has 1 aromatic rings. The van der Waals surface area contributed by atoms with Gasteiger partial charge in [0.1, 0.15) is 11.9 Å². The number of nitrogens with zero attached hydrogens (tertiary/aromatic N) is 3. The molecular weight excluding hydrogens is 296 g/mol. The van der Waals surface area contributed by atoms with E-state index in [4.69, 9.17) is 4.74 Å². The molecule has 1 aromatic heterocycles. The second kappa shape index (κ2) is 7.01. The standard InChI is InChI=1S/C16H24N4O3/c1-10(2)7-12-8-11(5-6-23-12)18-14-13(9-17)15(21)20(4)16(22)19(14)3/h10-12,18H,5-8H2,1-4H3. The maximum absolute atomic E-state index is 12.1. The largest absolute Gasteiger partial charge is 0.378 e. The van der Waals surface area contributed by atoms with E-state index in [1.807, 2.05) is 6.07 Å². The Kier molecular flexibility index (Phi) is 5.26. The highest BCUT2D eigenvalue weighted by molar-refractivity contribution is 5.51. The van der Waals surface area contributed by atoms with Crippen LogP contribution in [0.5, 0.6) is 0 Å². The first-order valence-electron chi connectivity index (χ1n) is 7.93. The highest BCUT2D eigenvalue weighted by Crippen LogP contribution is 2.23. The molecule has 2 unspecified atom stereocenters. The molecule has 2 heterocycles. The van der Waals surface area contributed by atoms with E-state index >= 15 is 0 Å². The van der Waals surface area contributed by atoms with Gasteiger partial charge in [0.15, 0.2) is 5.56 Å². The molecule has 0 bridgehead atoms. The number of ether oxygens (including phenoxy) is 1. The lowest BCUT2D eigenvalue weighted by atomic mass is 9.96. The molecule has 0 spiro atoms. The van der Waals surface area contributed by atoms with E-state index in [1.54, 1.807) is 7.05 Å². The molecule has 2 rings (SSSR count). The van der Waals surface area contributed by atoms with Crippen LogP contribution >= 0.6 is 0 Å². The minimum Gasteiger partial charge on any atom is -0.378 e. The van der Waals surface area contributed by atoms with Gasteiger partial charge in [0.25, 0.3) is 5.56 Å². The quantitative estimate of drug-likeness (QED) is 0.892. The summed E-state index contributed by atoms with van der Waals surface area (Å²) in [7, 11) is 2.94. The summed E-state index contributed by atoms with van der Waals surface area (Å²) in [6.45, 7) is 4.94. The number of hydrogen-bond acceptors (Lipinski definition) is 5. The highest BCUT2D eigenvalue weighted by Gasteiger charge is 2.25. The Hall–Kier alpha value is -2.07. The first kappa shape index (κ1) is 17.3. The molecule has 1 N–H and O–H groups in total. The van der Waals surface area contributed by atoms with Gasteiger partial charge in [-0.25, -0.2) is 4.79 Å². The molecule has 0 aromatic carbocycles.